The standard InChI is InChI=1S/C16H32/c1-6-9-11-14(4)15(5)13-16(8-3)12-10-7-2/h13-14,16H,6-12H2,1-5H3. The average molecular weight is 224 g/mol. The summed E-state index contributed by atoms with van der Waals surface area (Å²) in [6.07, 6.45) is 12.0. The van der Waals surface area contributed by atoms with Crippen LogP contribution < -0.4 is 0 Å². The van der Waals surface area contributed by atoms with Crippen LogP contribution in [0.15, 0.2) is 11.6 Å². The normalized spacial score (nSPS) is 16.2. The zero-order valence-corrected chi connectivity index (χ0v) is 12.2. The largest absolute Gasteiger partial charge is 0.0822 e. The number of rotatable bonds is 9. The summed E-state index contributed by atoms with van der Waals surface area (Å²) in [5.41, 5.74) is 1.62. The highest BCUT2D eigenvalue weighted by Crippen LogP contribution is 2.22. The van der Waals surface area contributed by atoms with E-state index in [-0.39, 0.29) is 0 Å². The first-order valence-corrected chi connectivity index (χ1v) is 7.33. The first-order valence-electron chi connectivity index (χ1n) is 7.33. The zero-order chi connectivity index (χ0) is 12.4. The summed E-state index contributed by atoms with van der Waals surface area (Å²) in [4.78, 5) is 0. The molecule has 96 valence electrons. The van der Waals surface area contributed by atoms with Crippen LogP contribution >= 0.6 is 0 Å². The molecular formula is C16H32. The Morgan fingerprint density at radius 1 is 1.00 bits per heavy atom. The minimum absolute atomic E-state index is 0.788. The summed E-state index contributed by atoms with van der Waals surface area (Å²) in [5.74, 6) is 1.61. The van der Waals surface area contributed by atoms with Crippen LogP contribution in [0.25, 0.3) is 0 Å². The molecule has 0 amide bonds. The summed E-state index contributed by atoms with van der Waals surface area (Å²) in [6.45, 7) is 11.6. The van der Waals surface area contributed by atoms with Gasteiger partial charge >= 0.3 is 0 Å². The maximum atomic E-state index is 2.55. The molecule has 0 aromatic carbocycles. The van der Waals surface area contributed by atoms with Crippen LogP contribution in [0, 0.1) is 11.8 Å². The van der Waals surface area contributed by atoms with Crippen molar-refractivity contribution in [3.63, 3.8) is 0 Å². The molecule has 0 nitrogen and oxygen atoms in total. The first-order chi connectivity index (χ1) is 7.65. The lowest BCUT2D eigenvalue weighted by Gasteiger charge is -2.16. The van der Waals surface area contributed by atoms with Gasteiger partial charge in [0, 0.05) is 0 Å². The number of hydrogen-bond acceptors (Lipinski definition) is 0. The minimum Gasteiger partial charge on any atom is -0.0822 e. The smallest absolute Gasteiger partial charge is 0.0233 e. The van der Waals surface area contributed by atoms with Crippen molar-refractivity contribution in [2.45, 2.75) is 79.6 Å². The van der Waals surface area contributed by atoms with Gasteiger partial charge in [0.25, 0.3) is 0 Å². The van der Waals surface area contributed by atoms with Crippen LogP contribution in [0.1, 0.15) is 79.6 Å². The monoisotopic (exact) mass is 224 g/mol. The average Bonchev–Trinajstić information content (AvgIpc) is 2.30. The van der Waals surface area contributed by atoms with Crippen molar-refractivity contribution >= 4 is 0 Å². The van der Waals surface area contributed by atoms with Crippen LogP contribution in [-0.4, -0.2) is 0 Å². The van der Waals surface area contributed by atoms with E-state index in [0.29, 0.717) is 0 Å². The van der Waals surface area contributed by atoms with E-state index in [2.05, 4.69) is 40.7 Å². The second-order valence-corrected chi connectivity index (χ2v) is 5.26. The molecule has 0 N–H and O–H groups in total. The van der Waals surface area contributed by atoms with Gasteiger partial charge < -0.3 is 0 Å². The van der Waals surface area contributed by atoms with Crippen LogP contribution in [0.2, 0.25) is 0 Å². The van der Waals surface area contributed by atoms with Crippen molar-refractivity contribution in [3.8, 4) is 0 Å². The molecule has 0 spiro atoms. The summed E-state index contributed by atoms with van der Waals surface area (Å²) in [5, 5.41) is 0. The third-order valence-corrected chi connectivity index (χ3v) is 3.72. The van der Waals surface area contributed by atoms with Crippen molar-refractivity contribution in [1.82, 2.24) is 0 Å². The molecule has 16 heavy (non-hydrogen) atoms. The SMILES string of the molecule is CCCCC(C=C(C)C(C)CCCC)CC. The van der Waals surface area contributed by atoms with Gasteiger partial charge in [-0.1, -0.05) is 65.0 Å². The van der Waals surface area contributed by atoms with Gasteiger partial charge in [-0.2, -0.15) is 0 Å². The Labute approximate surface area is 104 Å². The van der Waals surface area contributed by atoms with E-state index >= 15 is 0 Å². The molecule has 0 radical (unpaired) electrons. The lowest BCUT2D eigenvalue weighted by molar-refractivity contribution is 0.519. The van der Waals surface area contributed by atoms with Crippen LogP contribution in [-0.2, 0) is 0 Å². The molecular weight excluding hydrogens is 192 g/mol. The van der Waals surface area contributed by atoms with E-state index in [1.54, 1.807) is 5.57 Å². The highest BCUT2D eigenvalue weighted by atomic mass is 14.1. The summed E-state index contributed by atoms with van der Waals surface area (Å²) < 4.78 is 0. The molecule has 0 saturated carbocycles. The Morgan fingerprint density at radius 3 is 2.06 bits per heavy atom. The van der Waals surface area contributed by atoms with E-state index in [1.807, 2.05) is 0 Å². The molecule has 0 rings (SSSR count). The van der Waals surface area contributed by atoms with Gasteiger partial charge in [0.2, 0.25) is 0 Å². The molecule has 0 aliphatic rings. The van der Waals surface area contributed by atoms with Crippen molar-refractivity contribution < 1.29 is 0 Å². The lowest BCUT2D eigenvalue weighted by atomic mass is 9.90. The third kappa shape index (κ3) is 7.09. The second-order valence-electron chi connectivity index (χ2n) is 5.26. The molecule has 0 heteroatoms. The van der Waals surface area contributed by atoms with Crippen LogP contribution in [0.5, 0.6) is 0 Å². The van der Waals surface area contributed by atoms with Crippen molar-refractivity contribution in [1.29, 1.82) is 0 Å². The van der Waals surface area contributed by atoms with Gasteiger partial charge in [-0.25, -0.2) is 0 Å². The van der Waals surface area contributed by atoms with E-state index in [9.17, 15) is 0 Å². The maximum absolute atomic E-state index is 2.55. The second kappa shape index (κ2) is 9.93. The van der Waals surface area contributed by atoms with Gasteiger partial charge in [0.1, 0.15) is 0 Å². The quantitative estimate of drug-likeness (QED) is 0.423. The topological polar surface area (TPSA) is 0 Å². The number of unbranched alkanes of at least 4 members (excludes halogenated alkanes) is 2. The van der Waals surface area contributed by atoms with Crippen LogP contribution in [0.4, 0.5) is 0 Å². The molecule has 0 fully saturated rings. The number of allylic oxidation sites excluding steroid dienone is 2. The highest BCUT2D eigenvalue weighted by molar-refractivity contribution is 5.04. The van der Waals surface area contributed by atoms with Crippen molar-refractivity contribution in [2.75, 3.05) is 0 Å². The van der Waals surface area contributed by atoms with Gasteiger partial charge in [0.05, 0.1) is 0 Å². The van der Waals surface area contributed by atoms with Gasteiger partial charge in [-0.3, -0.25) is 0 Å². The highest BCUT2D eigenvalue weighted by Gasteiger charge is 2.07. The molecule has 0 aliphatic carbocycles. The molecule has 0 aromatic rings. The van der Waals surface area contributed by atoms with E-state index in [4.69, 9.17) is 0 Å². The molecule has 0 aromatic heterocycles. The zero-order valence-electron chi connectivity index (χ0n) is 12.2. The van der Waals surface area contributed by atoms with Crippen molar-refractivity contribution in [2.24, 2.45) is 11.8 Å². The van der Waals surface area contributed by atoms with Gasteiger partial charge in [-0.15, -0.1) is 0 Å². The summed E-state index contributed by atoms with van der Waals surface area (Å²) >= 11 is 0. The maximum Gasteiger partial charge on any atom is -0.0233 e. The van der Waals surface area contributed by atoms with Gasteiger partial charge in [-0.05, 0) is 38.0 Å². The summed E-state index contributed by atoms with van der Waals surface area (Å²) in [7, 11) is 0. The predicted molar refractivity (Wildman–Crippen MR) is 75.8 cm³/mol. The Bertz CT molecular complexity index is 178. The van der Waals surface area contributed by atoms with Gasteiger partial charge in [0.15, 0.2) is 0 Å². The summed E-state index contributed by atoms with van der Waals surface area (Å²) in [6, 6.07) is 0. The molecule has 0 aliphatic heterocycles. The Kier molecular flexibility index (Phi) is 9.77. The van der Waals surface area contributed by atoms with Crippen LogP contribution in [0.3, 0.4) is 0 Å². The Hall–Kier alpha value is -0.260. The molecule has 2 unspecified atom stereocenters. The fraction of sp³-hybridized carbons (Fsp3) is 0.875. The fourth-order valence-electron chi connectivity index (χ4n) is 2.15. The fourth-order valence-corrected chi connectivity index (χ4v) is 2.15. The number of hydrogen-bond donors (Lipinski definition) is 0. The Balaban J connectivity index is 4.12. The molecule has 0 bridgehead atoms. The molecule has 0 saturated heterocycles. The Morgan fingerprint density at radius 2 is 1.56 bits per heavy atom. The molecule has 0 heterocycles. The van der Waals surface area contributed by atoms with E-state index in [0.717, 1.165) is 11.8 Å². The molecule has 2 atom stereocenters. The minimum atomic E-state index is 0.788. The lowest BCUT2D eigenvalue weighted by Crippen LogP contribution is -2.01. The third-order valence-electron chi connectivity index (χ3n) is 3.72. The van der Waals surface area contributed by atoms with E-state index in [1.165, 1.54) is 44.9 Å². The van der Waals surface area contributed by atoms with Crippen molar-refractivity contribution in [3.05, 3.63) is 11.6 Å². The van der Waals surface area contributed by atoms with E-state index < -0.39 is 0 Å². The first kappa shape index (κ1) is 15.7. The predicted octanol–water partition coefficient (Wildman–Crippen LogP) is 5.98.